The Morgan fingerprint density at radius 2 is 2.33 bits per heavy atom. The second-order valence-corrected chi connectivity index (χ2v) is 4.50. The molecule has 3 rings (SSSR count). The van der Waals surface area contributed by atoms with E-state index >= 15 is 0 Å². The van der Waals surface area contributed by atoms with Gasteiger partial charge in [0.2, 0.25) is 0 Å². The van der Waals surface area contributed by atoms with Gasteiger partial charge in [0.05, 0.1) is 12.5 Å². The Bertz CT molecular complexity index is 424. The Morgan fingerprint density at radius 1 is 1.53 bits per heavy atom. The summed E-state index contributed by atoms with van der Waals surface area (Å²) < 4.78 is 5.07. The van der Waals surface area contributed by atoms with E-state index in [0.717, 1.165) is 12.8 Å². The van der Waals surface area contributed by atoms with Gasteiger partial charge in [-0.1, -0.05) is 24.3 Å². The zero-order valence-electron chi connectivity index (χ0n) is 8.82. The van der Waals surface area contributed by atoms with Gasteiger partial charge in [-0.05, 0) is 30.9 Å². The predicted molar refractivity (Wildman–Crippen MR) is 56.6 cm³/mol. The molecule has 2 unspecified atom stereocenters. The van der Waals surface area contributed by atoms with Crippen molar-refractivity contribution in [3.63, 3.8) is 0 Å². The van der Waals surface area contributed by atoms with Crippen LogP contribution in [0.5, 0.6) is 0 Å². The molecule has 0 bridgehead atoms. The normalized spacial score (nSPS) is 30.6. The van der Waals surface area contributed by atoms with Crippen LogP contribution < -0.4 is 0 Å². The van der Waals surface area contributed by atoms with Gasteiger partial charge in [-0.2, -0.15) is 0 Å². The number of ether oxygens (including phenoxy) is 1. The molecular formula is C13H14O2. The molecule has 0 aromatic heterocycles. The van der Waals surface area contributed by atoms with E-state index in [2.05, 4.69) is 24.3 Å². The second kappa shape index (κ2) is 2.84. The first kappa shape index (κ1) is 8.96. The average molecular weight is 202 g/mol. The first-order valence-corrected chi connectivity index (χ1v) is 5.53. The van der Waals surface area contributed by atoms with Crippen LogP contribution in [0.3, 0.4) is 0 Å². The summed E-state index contributed by atoms with van der Waals surface area (Å²) in [6, 6.07) is 8.42. The van der Waals surface area contributed by atoms with E-state index in [4.69, 9.17) is 4.74 Å². The van der Waals surface area contributed by atoms with Crippen molar-refractivity contribution in [1.29, 1.82) is 0 Å². The molecule has 78 valence electrons. The van der Waals surface area contributed by atoms with E-state index in [1.165, 1.54) is 11.1 Å². The summed E-state index contributed by atoms with van der Waals surface area (Å²) >= 11 is 0. The van der Waals surface area contributed by atoms with Gasteiger partial charge in [-0.3, -0.25) is 4.79 Å². The summed E-state index contributed by atoms with van der Waals surface area (Å²) in [4.78, 5) is 11.6. The highest BCUT2D eigenvalue weighted by molar-refractivity contribution is 5.81. The van der Waals surface area contributed by atoms with Crippen molar-refractivity contribution in [2.45, 2.75) is 25.2 Å². The molecule has 0 saturated heterocycles. The third-order valence-corrected chi connectivity index (χ3v) is 3.71. The summed E-state index contributed by atoms with van der Waals surface area (Å²) in [6.45, 7) is 2.36. The van der Waals surface area contributed by atoms with Gasteiger partial charge in [0.15, 0.2) is 0 Å². The Kier molecular flexibility index (Phi) is 1.70. The Labute approximate surface area is 89.2 Å². The molecule has 0 heterocycles. The molecule has 1 aromatic carbocycles. The molecule has 2 atom stereocenters. The van der Waals surface area contributed by atoms with Gasteiger partial charge in [0, 0.05) is 5.41 Å². The molecule has 1 spiro atoms. The average Bonchev–Trinajstić information content (AvgIpc) is 2.95. The van der Waals surface area contributed by atoms with Crippen molar-refractivity contribution < 1.29 is 9.53 Å². The Balaban J connectivity index is 1.81. The lowest BCUT2D eigenvalue weighted by Crippen LogP contribution is -2.29. The smallest absolute Gasteiger partial charge is 0.309 e. The van der Waals surface area contributed by atoms with Crippen molar-refractivity contribution in [3.8, 4) is 0 Å². The summed E-state index contributed by atoms with van der Waals surface area (Å²) in [5.74, 6) is 0.124. The fourth-order valence-electron chi connectivity index (χ4n) is 2.84. The standard InChI is InChI=1S/C13H14O2/c1-2-15-12(14)11-8-13(11)7-9-5-3-4-6-10(9)13/h3-6,11H,2,7-8H2,1H3. The SMILES string of the molecule is CCOC(=O)C1CC12Cc1ccccc12. The zero-order valence-corrected chi connectivity index (χ0v) is 8.82. The van der Waals surface area contributed by atoms with E-state index in [0.29, 0.717) is 6.61 Å². The molecule has 2 heteroatoms. The number of esters is 1. The lowest BCUT2D eigenvalue weighted by Gasteiger charge is -2.31. The first-order chi connectivity index (χ1) is 7.28. The summed E-state index contributed by atoms with van der Waals surface area (Å²) in [6.07, 6.45) is 2.05. The molecule has 0 N–H and O–H groups in total. The maximum absolute atomic E-state index is 11.6. The monoisotopic (exact) mass is 202 g/mol. The van der Waals surface area contributed by atoms with Gasteiger partial charge >= 0.3 is 5.97 Å². The van der Waals surface area contributed by atoms with Crippen LogP contribution in [0.1, 0.15) is 24.5 Å². The topological polar surface area (TPSA) is 26.3 Å². The van der Waals surface area contributed by atoms with Crippen LogP contribution in [-0.2, 0) is 21.4 Å². The minimum absolute atomic E-state index is 0.00740. The van der Waals surface area contributed by atoms with E-state index in [-0.39, 0.29) is 17.3 Å². The van der Waals surface area contributed by atoms with Crippen molar-refractivity contribution in [2.75, 3.05) is 6.61 Å². The molecule has 0 amide bonds. The number of hydrogen-bond acceptors (Lipinski definition) is 2. The number of fused-ring (bicyclic) bond motifs is 2. The lowest BCUT2D eigenvalue weighted by atomic mass is 9.73. The van der Waals surface area contributed by atoms with E-state index in [1.54, 1.807) is 0 Å². The van der Waals surface area contributed by atoms with E-state index < -0.39 is 0 Å². The highest BCUT2D eigenvalue weighted by Crippen LogP contribution is 2.63. The number of carbonyl (C=O) groups is 1. The fraction of sp³-hybridized carbons (Fsp3) is 0.462. The fourth-order valence-corrected chi connectivity index (χ4v) is 2.84. The molecule has 0 radical (unpaired) electrons. The van der Waals surface area contributed by atoms with Gasteiger partial charge in [0.1, 0.15) is 0 Å². The van der Waals surface area contributed by atoms with Gasteiger partial charge < -0.3 is 4.74 Å². The van der Waals surface area contributed by atoms with Crippen LogP contribution in [-0.4, -0.2) is 12.6 Å². The Hall–Kier alpha value is -1.31. The number of hydrogen-bond donors (Lipinski definition) is 0. The quantitative estimate of drug-likeness (QED) is 0.686. The summed E-state index contributed by atoms with van der Waals surface area (Å²) in [5, 5.41) is 0. The van der Waals surface area contributed by atoms with Gasteiger partial charge in [-0.25, -0.2) is 0 Å². The van der Waals surface area contributed by atoms with Crippen LogP contribution in [0, 0.1) is 5.92 Å². The van der Waals surface area contributed by atoms with Crippen LogP contribution >= 0.6 is 0 Å². The van der Waals surface area contributed by atoms with Crippen LogP contribution in [0.25, 0.3) is 0 Å². The van der Waals surface area contributed by atoms with Crippen molar-refractivity contribution in [2.24, 2.45) is 5.92 Å². The molecule has 0 aliphatic heterocycles. The van der Waals surface area contributed by atoms with Crippen LogP contribution in [0.2, 0.25) is 0 Å². The third kappa shape index (κ3) is 1.08. The van der Waals surface area contributed by atoms with Crippen LogP contribution in [0.4, 0.5) is 0 Å². The highest BCUT2D eigenvalue weighted by atomic mass is 16.5. The van der Waals surface area contributed by atoms with Crippen molar-refractivity contribution in [3.05, 3.63) is 35.4 Å². The molecule has 1 fully saturated rings. The Morgan fingerprint density at radius 3 is 3.07 bits per heavy atom. The van der Waals surface area contributed by atoms with E-state index in [1.807, 2.05) is 6.92 Å². The molecular weight excluding hydrogens is 188 g/mol. The molecule has 1 aromatic rings. The third-order valence-electron chi connectivity index (χ3n) is 3.71. The molecule has 2 nitrogen and oxygen atoms in total. The first-order valence-electron chi connectivity index (χ1n) is 5.53. The molecule has 15 heavy (non-hydrogen) atoms. The highest BCUT2D eigenvalue weighted by Gasteiger charge is 2.64. The molecule has 1 saturated carbocycles. The number of carbonyl (C=O) groups excluding carboxylic acids is 1. The van der Waals surface area contributed by atoms with Gasteiger partial charge in [0.25, 0.3) is 0 Å². The molecule has 2 aliphatic carbocycles. The summed E-state index contributed by atoms with van der Waals surface area (Å²) in [5.41, 5.74) is 2.95. The largest absolute Gasteiger partial charge is 0.466 e. The number of rotatable bonds is 2. The molecule has 2 aliphatic rings. The van der Waals surface area contributed by atoms with Crippen molar-refractivity contribution in [1.82, 2.24) is 0 Å². The second-order valence-electron chi connectivity index (χ2n) is 4.50. The maximum Gasteiger partial charge on any atom is 0.309 e. The minimum atomic E-state index is -0.00740. The zero-order chi connectivity index (χ0) is 10.5. The van der Waals surface area contributed by atoms with Crippen molar-refractivity contribution >= 4 is 5.97 Å². The van der Waals surface area contributed by atoms with Gasteiger partial charge in [-0.15, -0.1) is 0 Å². The summed E-state index contributed by atoms with van der Waals surface area (Å²) in [7, 11) is 0. The minimum Gasteiger partial charge on any atom is -0.466 e. The lowest BCUT2D eigenvalue weighted by molar-refractivity contribution is -0.145. The predicted octanol–water partition coefficient (Wildman–Crippen LogP) is 2.06. The maximum atomic E-state index is 11.6. The number of benzene rings is 1. The van der Waals surface area contributed by atoms with Crippen LogP contribution in [0.15, 0.2) is 24.3 Å². The van der Waals surface area contributed by atoms with E-state index in [9.17, 15) is 4.79 Å².